The summed E-state index contributed by atoms with van der Waals surface area (Å²) in [7, 11) is 0. The van der Waals surface area contributed by atoms with Crippen molar-refractivity contribution in [2.24, 2.45) is 5.10 Å². The van der Waals surface area contributed by atoms with Gasteiger partial charge in [-0.05, 0) is 6.07 Å². The molecular formula is C19H16ClN2PS. The highest BCUT2D eigenvalue weighted by Gasteiger charge is 2.21. The monoisotopic (exact) mass is 370 g/mol. The van der Waals surface area contributed by atoms with E-state index in [1.54, 1.807) is 6.21 Å². The molecule has 0 spiro atoms. The molecule has 0 heterocycles. The number of benzene rings is 3. The molecule has 0 bridgehead atoms. The van der Waals surface area contributed by atoms with Crippen LogP contribution in [0.1, 0.15) is 5.56 Å². The quantitative estimate of drug-likeness (QED) is 0.411. The molecule has 0 aliphatic rings. The van der Waals surface area contributed by atoms with Crippen LogP contribution in [0.3, 0.4) is 0 Å². The van der Waals surface area contributed by atoms with E-state index in [2.05, 4.69) is 10.3 Å². The molecule has 0 unspecified atom stereocenters. The molecule has 3 rings (SSSR count). The number of rotatable bonds is 5. The van der Waals surface area contributed by atoms with Crippen molar-refractivity contribution in [3.8, 4) is 0 Å². The maximum absolute atomic E-state index is 6.17. The third-order valence-corrected chi connectivity index (χ3v) is 7.85. The van der Waals surface area contributed by atoms with E-state index in [0.717, 1.165) is 16.2 Å². The number of nitrogens with one attached hydrogen (secondary N) is 1. The Morgan fingerprint density at radius 3 is 1.83 bits per heavy atom. The standard InChI is InChI=1S/C19H16ClN2PS/c20-19-14-8-7-9-16(19)15-21-22-23(24,17-10-3-1-4-11-17)18-12-5-2-6-13-18/h1-15H,(H,22,24)/b21-15+. The van der Waals surface area contributed by atoms with Gasteiger partial charge < -0.3 is 0 Å². The van der Waals surface area contributed by atoms with Crippen LogP contribution < -0.4 is 15.8 Å². The molecule has 0 aromatic heterocycles. The topological polar surface area (TPSA) is 24.4 Å². The third kappa shape index (κ3) is 3.76. The summed E-state index contributed by atoms with van der Waals surface area (Å²) in [5, 5.41) is 10.5. The van der Waals surface area contributed by atoms with Gasteiger partial charge in [-0.25, -0.2) is 0 Å². The van der Waals surface area contributed by atoms with Gasteiger partial charge in [0.05, 0.1) is 6.21 Å². The fraction of sp³-hybridized carbons (Fsp3) is 0. The van der Waals surface area contributed by atoms with Gasteiger partial charge in [-0.1, -0.05) is 102 Å². The van der Waals surface area contributed by atoms with Crippen molar-refractivity contribution >= 4 is 46.4 Å². The minimum absolute atomic E-state index is 0.663. The van der Waals surface area contributed by atoms with Crippen molar-refractivity contribution in [3.63, 3.8) is 0 Å². The van der Waals surface area contributed by atoms with Gasteiger partial charge in [-0.15, -0.1) is 0 Å². The molecule has 0 aliphatic heterocycles. The van der Waals surface area contributed by atoms with Gasteiger partial charge in [0, 0.05) is 21.2 Å². The van der Waals surface area contributed by atoms with Crippen LogP contribution in [0.5, 0.6) is 0 Å². The summed E-state index contributed by atoms with van der Waals surface area (Å²) < 4.78 is 0. The lowest BCUT2D eigenvalue weighted by atomic mass is 10.2. The Bertz CT molecular complexity index is 839. The van der Waals surface area contributed by atoms with Crippen LogP contribution in [0.25, 0.3) is 0 Å². The largest absolute Gasteiger partial charge is 0.272 e. The van der Waals surface area contributed by atoms with Crippen molar-refractivity contribution in [3.05, 3.63) is 95.5 Å². The zero-order valence-electron chi connectivity index (χ0n) is 12.8. The van der Waals surface area contributed by atoms with Crippen LogP contribution in [0, 0.1) is 0 Å². The van der Waals surface area contributed by atoms with Crippen LogP contribution in [-0.4, -0.2) is 6.21 Å². The minimum atomic E-state index is -2.23. The lowest BCUT2D eigenvalue weighted by molar-refractivity contribution is 1.11. The van der Waals surface area contributed by atoms with E-state index < -0.39 is 6.19 Å². The van der Waals surface area contributed by atoms with Crippen molar-refractivity contribution in [2.75, 3.05) is 0 Å². The zero-order chi connectivity index (χ0) is 16.8. The second-order valence-corrected chi connectivity index (χ2v) is 9.66. The van der Waals surface area contributed by atoms with Gasteiger partial charge >= 0.3 is 0 Å². The van der Waals surface area contributed by atoms with E-state index in [4.69, 9.17) is 23.4 Å². The van der Waals surface area contributed by atoms with Crippen molar-refractivity contribution < 1.29 is 0 Å². The molecule has 0 aliphatic carbocycles. The van der Waals surface area contributed by atoms with Gasteiger partial charge in [-0.3, -0.25) is 5.20 Å². The van der Waals surface area contributed by atoms with Crippen LogP contribution in [-0.2, 0) is 11.8 Å². The summed E-state index contributed by atoms with van der Waals surface area (Å²) in [4.78, 5) is 0. The lowest BCUT2D eigenvalue weighted by Crippen LogP contribution is -2.24. The van der Waals surface area contributed by atoms with Crippen molar-refractivity contribution in [1.29, 1.82) is 0 Å². The highest BCUT2D eigenvalue weighted by molar-refractivity contribution is 8.20. The number of hydrazone groups is 1. The predicted octanol–water partition coefficient (Wildman–Crippen LogP) is 4.31. The Morgan fingerprint density at radius 2 is 1.29 bits per heavy atom. The Hall–Kier alpha value is -1.93. The average molecular weight is 371 g/mol. The molecule has 0 saturated heterocycles. The number of halogens is 1. The molecule has 3 aromatic carbocycles. The minimum Gasteiger partial charge on any atom is -0.272 e. The van der Waals surface area contributed by atoms with Gasteiger partial charge in [0.2, 0.25) is 0 Å². The molecule has 0 saturated carbocycles. The lowest BCUT2D eigenvalue weighted by Gasteiger charge is -2.22. The van der Waals surface area contributed by atoms with E-state index >= 15 is 0 Å². The van der Waals surface area contributed by atoms with Gasteiger partial charge in [0.15, 0.2) is 0 Å². The molecule has 120 valence electrons. The normalized spacial score (nSPS) is 11.5. The molecule has 24 heavy (non-hydrogen) atoms. The van der Waals surface area contributed by atoms with E-state index in [-0.39, 0.29) is 0 Å². The smallest absolute Gasteiger partial charge is 0.106 e. The fourth-order valence-corrected chi connectivity index (χ4v) is 5.29. The van der Waals surface area contributed by atoms with E-state index in [1.165, 1.54) is 0 Å². The number of hydrogen-bond donors (Lipinski definition) is 1. The maximum Gasteiger partial charge on any atom is 0.106 e. The first-order valence-corrected chi connectivity index (χ1v) is 10.6. The Labute approximate surface area is 152 Å². The molecule has 2 nitrogen and oxygen atoms in total. The number of nitrogens with zero attached hydrogens (tertiary/aromatic N) is 1. The van der Waals surface area contributed by atoms with Crippen molar-refractivity contribution in [2.45, 2.75) is 0 Å². The number of hydrogen-bond acceptors (Lipinski definition) is 2. The van der Waals surface area contributed by atoms with E-state index in [1.807, 2.05) is 84.9 Å². The predicted molar refractivity (Wildman–Crippen MR) is 109 cm³/mol. The first kappa shape index (κ1) is 16.9. The molecule has 0 amide bonds. The Balaban J connectivity index is 1.95. The molecule has 1 N–H and O–H groups in total. The maximum atomic E-state index is 6.17. The van der Waals surface area contributed by atoms with Crippen LogP contribution in [0.15, 0.2) is 90.0 Å². The first-order valence-electron chi connectivity index (χ1n) is 7.46. The summed E-state index contributed by atoms with van der Waals surface area (Å²) in [6.07, 6.45) is -0.516. The Kier molecular flexibility index (Phi) is 5.47. The van der Waals surface area contributed by atoms with Crippen LogP contribution >= 0.6 is 17.8 Å². The second kappa shape index (κ2) is 7.76. The molecule has 0 atom stereocenters. The second-order valence-electron chi connectivity index (χ2n) is 5.16. The van der Waals surface area contributed by atoms with Crippen LogP contribution in [0.4, 0.5) is 0 Å². The van der Waals surface area contributed by atoms with E-state index in [9.17, 15) is 0 Å². The molecule has 5 heteroatoms. The van der Waals surface area contributed by atoms with Crippen molar-refractivity contribution in [1.82, 2.24) is 5.20 Å². The highest BCUT2D eigenvalue weighted by atomic mass is 35.5. The van der Waals surface area contributed by atoms with Gasteiger partial charge in [-0.2, -0.15) is 5.10 Å². The first-order chi connectivity index (χ1) is 11.7. The zero-order valence-corrected chi connectivity index (χ0v) is 15.3. The van der Waals surface area contributed by atoms with Crippen LogP contribution in [0.2, 0.25) is 5.02 Å². The highest BCUT2D eigenvalue weighted by Crippen LogP contribution is 2.38. The summed E-state index contributed by atoms with van der Waals surface area (Å²) in [5.74, 6) is 0. The molecule has 0 fully saturated rings. The SMILES string of the molecule is S=P(N/N=C/c1ccccc1Cl)(c1ccccc1)c1ccccc1. The summed E-state index contributed by atoms with van der Waals surface area (Å²) in [6.45, 7) is 0. The summed E-state index contributed by atoms with van der Waals surface area (Å²) >= 11 is 12.2. The molecular weight excluding hydrogens is 355 g/mol. The van der Waals surface area contributed by atoms with Gasteiger partial charge in [0.25, 0.3) is 0 Å². The van der Waals surface area contributed by atoms with Gasteiger partial charge in [0.1, 0.15) is 6.19 Å². The third-order valence-electron chi connectivity index (χ3n) is 3.55. The average Bonchev–Trinajstić information content (AvgIpc) is 2.64. The summed E-state index contributed by atoms with van der Waals surface area (Å²) in [6, 6.07) is 27.7. The van der Waals surface area contributed by atoms with E-state index in [0.29, 0.717) is 5.02 Å². The molecule has 3 aromatic rings. The Morgan fingerprint density at radius 1 is 0.792 bits per heavy atom. The summed E-state index contributed by atoms with van der Waals surface area (Å²) in [5.41, 5.74) is 0.856. The fourth-order valence-electron chi connectivity index (χ4n) is 2.30. The molecule has 0 radical (unpaired) electrons.